The van der Waals surface area contributed by atoms with Crippen molar-refractivity contribution >= 4 is 11.6 Å². The summed E-state index contributed by atoms with van der Waals surface area (Å²) < 4.78 is 11.4. The highest BCUT2D eigenvalue weighted by Gasteiger charge is 2.30. The van der Waals surface area contributed by atoms with Crippen molar-refractivity contribution in [3.05, 3.63) is 54.1 Å². The number of hydrogen-bond donors (Lipinski definition) is 1. The molecule has 4 nitrogen and oxygen atoms in total. The molecule has 102 valence electrons. The van der Waals surface area contributed by atoms with Crippen LogP contribution >= 0.6 is 0 Å². The minimum absolute atomic E-state index is 0.169. The van der Waals surface area contributed by atoms with Crippen LogP contribution in [0.15, 0.2) is 48.5 Å². The van der Waals surface area contributed by atoms with Crippen LogP contribution in [-0.2, 0) is 4.79 Å². The molecule has 4 heteroatoms. The number of hydrogen-bond acceptors (Lipinski definition) is 3. The maximum atomic E-state index is 12.1. The Hall–Kier alpha value is -2.49. The number of benzene rings is 2. The number of nitrogens with one attached hydrogen (secondary N) is 1. The van der Waals surface area contributed by atoms with E-state index in [2.05, 4.69) is 5.32 Å². The average Bonchev–Trinajstić information content (AvgIpc) is 2.48. The molecule has 0 spiro atoms. The van der Waals surface area contributed by atoms with Gasteiger partial charge in [0.05, 0.1) is 12.3 Å². The zero-order chi connectivity index (χ0) is 13.9. The second-order valence-electron chi connectivity index (χ2n) is 4.46. The number of ether oxygens (including phenoxy) is 2. The predicted octanol–water partition coefficient (Wildman–Crippen LogP) is 3.16. The molecule has 1 aliphatic rings. The lowest BCUT2D eigenvalue weighted by molar-refractivity contribution is -0.123. The van der Waals surface area contributed by atoms with E-state index < -0.39 is 6.10 Å². The van der Waals surface area contributed by atoms with Gasteiger partial charge in [-0.1, -0.05) is 36.4 Å². The topological polar surface area (TPSA) is 47.6 Å². The number of anilines is 1. The molecule has 1 amide bonds. The fourth-order valence-corrected chi connectivity index (χ4v) is 2.22. The highest BCUT2D eigenvalue weighted by Crippen LogP contribution is 2.41. The van der Waals surface area contributed by atoms with Gasteiger partial charge < -0.3 is 14.8 Å². The molecular weight excluding hydrogens is 254 g/mol. The maximum Gasteiger partial charge on any atom is 0.270 e. The minimum Gasteiger partial charge on any atom is -0.490 e. The summed E-state index contributed by atoms with van der Waals surface area (Å²) in [5, 5.41) is 2.86. The van der Waals surface area contributed by atoms with Crippen molar-refractivity contribution < 1.29 is 14.3 Å². The Kier molecular flexibility index (Phi) is 3.29. The molecule has 2 aromatic rings. The summed E-state index contributed by atoms with van der Waals surface area (Å²) in [7, 11) is 0. The highest BCUT2D eigenvalue weighted by atomic mass is 16.5. The van der Waals surface area contributed by atoms with Crippen molar-refractivity contribution in [1.29, 1.82) is 0 Å². The van der Waals surface area contributed by atoms with Gasteiger partial charge in [-0.15, -0.1) is 0 Å². The third-order valence-electron chi connectivity index (χ3n) is 3.11. The summed E-state index contributed by atoms with van der Waals surface area (Å²) in [4.78, 5) is 12.1. The van der Waals surface area contributed by atoms with Gasteiger partial charge in [-0.3, -0.25) is 4.79 Å². The molecular formula is C16H15NO3. The van der Waals surface area contributed by atoms with Crippen LogP contribution < -0.4 is 14.8 Å². The molecule has 2 aromatic carbocycles. The zero-order valence-electron chi connectivity index (χ0n) is 11.1. The van der Waals surface area contributed by atoms with Crippen molar-refractivity contribution in [2.45, 2.75) is 13.0 Å². The number of para-hydroxylation sites is 1. The lowest BCUT2D eigenvalue weighted by Gasteiger charge is -2.27. The number of carbonyl (C=O) groups is 1. The first-order valence-electron chi connectivity index (χ1n) is 6.58. The predicted molar refractivity (Wildman–Crippen MR) is 76.1 cm³/mol. The first kappa shape index (κ1) is 12.5. The number of rotatable bonds is 3. The summed E-state index contributed by atoms with van der Waals surface area (Å²) in [6.45, 7) is 2.46. The Labute approximate surface area is 117 Å². The van der Waals surface area contributed by atoms with Crippen LogP contribution in [0.1, 0.15) is 18.6 Å². The third-order valence-corrected chi connectivity index (χ3v) is 3.11. The van der Waals surface area contributed by atoms with Crippen LogP contribution in [0.5, 0.6) is 11.5 Å². The van der Waals surface area contributed by atoms with Gasteiger partial charge >= 0.3 is 0 Å². The quantitative estimate of drug-likeness (QED) is 0.931. The van der Waals surface area contributed by atoms with Crippen molar-refractivity contribution in [2.75, 3.05) is 11.9 Å². The van der Waals surface area contributed by atoms with Crippen LogP contribution in [-0.4, -0.2) is 12.5 Å². The SMILES string of the molecule is CCOc1cccc2c1OC(c1ccccc1)C(=O)N2. The molecule has 3 rings (SSSR count). The summed E-state index contributed by atoms with van der Waals surface area (Å²) in [6, 6.07) is 14.9. The van der Waals surface area contributed by atoms with Gasteiger partial charge in [0.25, 0.3) is 5.91 Å². The van der Waals surface area contributed by atoms with Gasteiger partial charge in [0.1, 0.15) is 0 Å². The second-order valence-corrected chi connectivity index (χ2v) is 4.46. The van der Waals surface area contributed by atoms with Gasteiger partial charge in [-0.25, -0.2) is 0 Å². The molecule has 0 radical (unpaired) electrons. The Balaban J connectivity index is 1.98. The number of carbonyl (C=O) groups excluding carboxylic acids is 1. The summed E-state index contributed by atoms with van der Waals surface area (Å²) >= 11 is 0. The largest absolute Gasteiger partial charge is 0.490 e. The van der Waals surface area contributed by atoms with E-state index in [1.165, 1.54) is 0 Å². The van der Waals surface area contributed by atoms with E-state index >= 15 is 0 Å². The van der Waals surface area contributed by atoms with Gasteiger partial charge in [0, 0.05) is 5.56 Å². The van der Waals surface area contributed by atoms with Crippen molar-refractivity contribution in [3.8, 4) is 11.5 Å². The molecule has 0 saturated carbocycles. The molecule has 0 saturated heterocycles. The van der Waals surface area contributed by atoms with Crippen molar-refractivity contribution in [1.82, 2.24) is 0 Å². The molecule has 1 atom stereocenters. The van der Waals surface area contributed by atoms with Crippen LogP contribution in [0.25, 0.3) is 0 Å². The van der Waals surface area contributed by atoms with Gasteiger partial charge in [0.15, 0.2) is 11.5 Å². The van der Waals surface area contributed by atoms with Crippen molar-refractivity contribution in [3.63, 3.8) is 0 Å². The Morgan fingerprint density at radius 2 is 1.95 bits per heavy atom. The fraction of sp³-hybridized carbons (Fsp3) is 0.188. The second kappa shape index (κ2) is 5.25. The zero-order valence-corrected chi connectivity index (χ0v) is 11.1. The molecule has 1 unspecified atom stereocenters. The lowest BCUT2D eigenvalue weighted by atomic mass is 10.1. The van der Waals surface area contributed by atoms with E-state index in [0.717, 1.165) is 5.56 Å². The number of fused-ring (bicyclic) bond motifs is 1. The van der Waals surface area contributed by atoms with Gasteiger partial charge in [0.2, 0.25) is 6.10 Å². The number of amides is 1. The molecule has 0 bridgehead atoms. The molecule has 0 fully saturated rings. The molecule has 20 heavy (non-hydrogen) atoms. The van der Waals surface area contributed by atoms with Crippen molar-refractivity contribution in [2.24, 2.45) is 0 Å². The van der Waals surface area contributed by atoms with E-state index in [1.807, 2.05) is 49.4 Å². The van der Waals surface area contributed by atoms with Gasteiger partial charge in [-0.2, -0.15) is 0 Å². The van der Waals surface area contributed by atoms with E-state index in [0.29, 0.717) is 23.8 Å². The Bertz CT molecular complexity index is 625. The van der Waals surface area contributed by atoms with Crippen LogP contribution in [0.3, 0.4) is 0 Å². The van der Waals surface area contributed by atoms with Crippen LogP contribution in [0, 0.1) is 0 Å². The lowest BCUT2D eigenvalue weighted by Crippen LogP contribution is -2.30. The Morgan fingerprint density at radius 1 is 1.15 bits per heavy atom. The molecule has 0 aromatic heterocycles. The normalized spacial score (nSPS) is 16.9. The van der Waals surface area contributed by atoms with Gasteiger partial charge in [-0.05, 0) is 19.1 Å². The van der Waals surface area contributed by atoms with E-state index in [-0.39, 0.29) is 5.91 Å². The third kappa shape index (κ3) is 2.20. The van der Waals surface area contributed by atoms with Crippen LogP contribution in [0.4, 0.5) is 5.69 Å². The van der Waals surface area contributed by atoms with E-state index in [9.17, 15) is 4.79 Å². The minimum atomic E-state index is -0.648. The average molecular weight is 269 g/mol. The fourth-order valence-electron chi connectivity index (χ4n) is 2.22. The highest BCUT2D eigenvalue weighted by molar-refractivity contribution is 5.99. The maximum absolute atomic E-state index is 12.1. The first-order chi connectivity index (χ1) is 9.79. The van der Waals surface area contributed by atoms with E-state index in [1.54, 1.807) is 6.07 Å². The summed E-state index contributed by atoms with van der Waals surface area (Å²) in [5.41, 5.74) is 1.47. The molecule has 1 heterocycles. The monoisotopic (exact) mass is 269 g/mol. The summed E-state index contributed by atoms with van der Waals surface area (Å²) in [5.74, 6) is 1.06. The summed E-state index contributed by atoms with van der Waals surface area (Å²) in [6.07, 6.45) is -0.648. The van der Waals surface area contributed by atoms with E-state index in [4.69, 9.17) is 9.47 Å². The molecule has 0 aliphatic carbocycles. The first-order valence-corrected chi connectivity index (χ1v) is 6.58. The molecule has 1 N–H and O–H groups in total. The molecule has 1 aliphatic heterocycles. The van der Waals surface area contributed by atoms with Crippen LogP contribution in [0.2, 0.25) is 0 Å². The Morgan fingerprint density at radius 3 is 2.70 bits per heavy atom. The standard InChI is InChI=1S/C16H15NO3/c1-2-19-13-10-6-9-12-15(13)20-14(16(18)17-12)11-7-4-3-5-8-11/h3-10,14H,2H2,1H3,(H,17,18). The smallest absolute Gasteiger partial charge is 0.270 e.